The second kappa shape index (κ2) is 6.19. The first kappa shape index (κ1) is 14.7. The van der Waals surface area contributed by atoms with E-state index in [4.69, 9.17) is 11.6 Å². The first-order valence-corrected chi connectivity index (χ1v) is 7.20. The number of alkyl halides is 1. The normalized spacial score (nSPS) is 23.1. The van der Waals surface area contributed by atoms with Crippen LogP contribution >= 0.6 is 11.6 Å². The average molecular weight is 288 g/mol. The standard InChI is InChI=1S/C15H20ClF2N/c1-15(18,10-13-4-2-3-7-19-13)9-11-8-12(16)5-6-14(11)17/h5-6,8,13,19H,2-4,7,9-10H2,1H3. The molecule has 1 fully saturated rings. The lowest BCUT2D eigenvalue weighted by Gasteiger charge is -2.30. The summed E-state index contributed by atoms with van der Waals surface area (Å²) in [7, 11) is 0. The molecule has 19 heavy (non-hydrogen) atoms. The molecule has 2 unspecified atom stereocenters. The fourth-order valence-corrected chi connectivity index (χ4v) is 2.95. The Kier molecular flexibility index (Phi) is 4.80. The quantitative estimate of drug-likeness (QED) is 0.871. The molecular formula is C15H20ClF2N. The number of rotatable bonds is 4. The number of piperidine rings is 1. The van der Waals surface area contributed by atoms with E-state index in [2.05, 4.69) is 5.32 Å². The maximum absolute atomic E-state index is 14.6. The molecule has 0 spiro atoms. The highest BCUT2D eigenvalue weighted by Crippen LogP contribution is 2.28. The van der Waals surface area contributed by atoms with Crippen molar-refractivity contribution >= 4 is 11.6 Å². The van der Waals surface area contributed by atoms with Crippen molar-refractivity contribution in [2.75, 3.05) is 6.54 Å². The van der Waals surface area contributed by atoms with E-state index in [1.54, 1.807) is 6.92 Å². The van der Waals surface area contributed by atoms with Gasteiger partial charge in [-0.1, -0.05) is 18.0 Å². The Hall–Kier alpha value is -0.670. The molecule has 106 valence electrons. The van der Waals surface area contributed by atoms with Gasteiger partial charge in [0.1, 0.15) is 11.5 Å². The van der Waals surface area contributed by atoms with Gasteiger partial charge < -0.3 is 5.32 Å². The smallest absolute Gasteiger partial charge is 0.126 e. The van der Waals surface area contributed by atoms with Crippen molar-refractivity contribution in [3.05, 3.63) is 34.6 Å². The predicted molar refractivity (Wildman–Crippen MR) is 74.9 cm³/mol. The van der Waals surface area contributed by atoms with Crippen molar-refractivity contribution in [2.45, 2.75) is 50.7 Å². The molecule has 1 nitrogen and oxygen atoms in total. The summed E-state index contributed by atoms with van der Waals surface area (Å²) in [4.78, 5) is 0. The maximum atomic E-state index is 14.6. The topological polar surface area (TPSA) is 12.0 Å². The van der Waals surface area contributed by atoms with Gasteiger partial charge >= 0.3 is 0 Å². The molecule has 1 aliphatic rings. The molecule has 0 amide bonds. The van der Waals surface area contributed by atoms with Crippen LogP contribution in [-0.4, -0.2) is 18.3 Å². The Balaban J connectivity index is 2.00. The van der Waals surface area contributed by atoms with Gasteiger partial charge in [-0.2, -0.15) is 0 Å². The number of hydrogen-bond acceptors (Lipinski definition) is 1. The number of halogens is 3. The van der Waals surface area contributed by atoms with E-state index in [1.807, 2.05) is 0 Å². The summed E-state index contributed by atoms with van der Waals surface area (Å²) in [5, 5.41) is 3.77. The first-order valence-electron chi connectivity index (χ1n) is 6.82. The number of hydrogen-bond donors (Lipinski definition) is 1. The molecule has 1 aliphatic heterocycles. The molecule has 1 aromatic carbocycles. The highest BCUT2D eigenvalue weighted by Gasteiger charge is 2.29. The van der Waals surface area contributed by atoms with Crippen LogP contribution in [0.2, 0.25) is 5.02 Å². The summed E-state index contributed by atoms with van der Waals surface area (Å²) in [6.07, 6.45) is 3.77. The van der Waals surface area contributed by atoms with E-state index in [1.165, 1.54) is 18.2 Å². The highest BCUT2D eigenvalue weighted by molar-refractivity contribution is 6.30. The molecule has 1 heterocycles. The maximum Gasteiger partial charge on any atom is 0.126 e. The third-order valence-electron chi connectivity index (χ3n) is 3.65. The van der Waals surface area contributed by atoms with Crippen molar-refractivity contribution in [3.8, 4) is 0 Å². The first-order chi connectivity index (χ1) is 8.96. The van der Waals surface area contributed by atoms with Crippen molar-refractivity contribution < 1.29 is 8.78 Å². The molecule has 2 atom stereocenters. The summed E-state index contributed by atoms with van der Waals surface area (Å²) in [5.41, 5.74) is -1.06. The number of nitrogens with one attached hydrogen (secondary N) is 1. The largest absolute Gasteiger partial charge is 0.314 e. The van der Waals surface area contributed by atoms with Crippen LogP contribution in [0.1, 0.15) is 38.2 Å². The van der Waals surface area contributed by atoms with Gasteiger partial charge in [0.05, 0.1) is 0 Å². The third kappa shape index (κ3) is 4.43. The monoisotopic (exact) mass is 287 g/mol. The van der Waals surface area contributed by atoms with Crippen molar-refractivity contribution in [3.63, 3.8) is 0 Å². The minimum atomic E-state index is -1.42. The summed E-state index contributed by atoms with van der Waals surface area (Å²) < 4.78 is 28.3. The zero-order valence-electron chi connectivity index (χ0n) is 11.2. The van der Waals surface area contributed by atoms with Crippen LogP contribution in [0.4, 0.5) is 8.78 Å². The lowest BCUT2D eigenvalue weighted by Crippen LogP contribution is -2.40. The van der Waals surface area contributed by atoms with Crippen molar-refractivity contribution in [1.29, 1.82) is 0 Å². The van der Waals surface area contributed by atoms with E-state index in [9.17, 15) is 8.78 Å². The lowest BCUT2D eigenvalue weighted by atomic mass is 9.88. The SMILES string of the molecule is CC(F)(Cc1cc(Cl)ccc1F)CC1CCCCN1. The molecule has 0 radical (unpaired) electrons. The van der Waals surface area contributed by atoms with Crippen LogP contribution < -0.4 is 5.32 Å². The molecule has 0 saturated carbocycles. The third-order valence-corrected chi connectivity index (χ3v) is 3.89. The fourth-order valence-electron chi connectivity index (χ4n) is 2.76. The van der Waals surface area contributed by atoms with Gasteiger partial charge in [0.2, 0.25) is 0 Å². The summed E-state index contributed by atoms with van der Waals surface area (Å²) in [5.74, 6) is -0.384. The molecular weight excluding hydrogens is 268 g/mol. The fraction of sp³-hybridized carbons (Fsp3) is 0.600. The second-order valence-electron chi connectivity index (χ2n) is 5.68. The highest BCUT2D eigenvalue weighted by atomic mass is 35.5. The van der Waals surface area contributed by atoms with Gasteiger partial charge in [0.25, 0.3) is 0 Å². The molecule has 0 aromatic heterocycles. The van der Waals surface area contributed by atoms with Gasteiger partial charge in [0.15, 0.2) is 0 Å². The van der Waals surface area contributed by atoms with E-state index < -0.39 is 5.67 Å². The zero-order chi connectivity index (χ0) is 13.9. The van der Waals surface area contributed by atoms with Crippen LogP contribution in [0.15, 0.2) is 18.2 Å². The molecule has 1 aromatic rings. The summed E-state index contributed by atoms with van der Waals surface area (Å²) >= 11 is 5.84. The summed E-state index contributed by atoms with van der Waals surface area (Å²) in [6.45, 7) is 2.50. The van der Waals surface area contributed by atoms with E-state index in [0.717, 1.165) is 25.8 Å². The summed E-state index contributed by atoms with van der Waals surface area (Å²) in [6, 6.07) is 4.50. The van der Waals surface area contributed by atoms with Gasteiger partial charge in [-0.3, -0.25) is 0 Å². The Morgan fingerprint density at radius 1 is 1.42 bits per heavy atom. The van der Waals surface area contributed by atoms with Crippen LogP contribution in [0, 0.1) is 5.82 Å². The molecule has 1 N–H and O–H groups in total. The molecule has 0 aliphatic carbocycles. The minimum Gasteiger partial charge on any atom is -0.314 e. The Labute approximate surface area is 118 Å². The number of benzene rings is 1. The molecule has 0 bridgehead atoms. The van der Waals surface area contributed by atoms with Crippen LogP contribution in [0.5, 0.6) is 0 Å². The second-order valence-corrected chi connectivity index (χ2v) is 6.11. The average Bonchev–Trinajstić information content (AvgIpc) is 2.34. The molecule has 4 heteroatoms. The van der Waals surface area contributed by atoms with E-state index >= 15 is 0 Å². The van der Waals surface area contributed by atoms with Gasteiger partial charge in [-0.25, -0.2) is 8.78 Å². The lowest BCUT2D eigenvalue weighted by molar-refractivity contribution is 0.144. The minimum absolute atomic E-state index is 0.0670. The van der Waals surface area contributed by atoms with Crippen LogP contribution in [0.3, 0.4) is 0 Å². The van der Waals surface area contributed by atoms with Crippen LogP contribution in [-0.2, 0) is 6.42 Å². The van der Waals surface area contributed by atoms with Crippen molar-refractivity contribution in [1.82, 2.24) is 5.32 Å². The Bertz CT molecular complexity index is 428. The molecule has 2 rings (SSSR count). The van der Waals surface area contributed by atoms with Crippen LogP contribution in [0.25, 0.3) is 0 Å². The predicted octanol–water partition coefficient (Wildman–Crippen LogP) is 4.28. The van der Waals surface area contributed by atoms with E-state index in [-0.39, 0.29) is 18.3 Å². The van der Waals surface area contributed by atoms with Gasteiger partial charge in [-0.15, -0.1) is 0 Å². The van der Waals surface area contributed by atoms with Gasteiger partial charge in [0, 0.05) is 17.5 Å². The van der Waals surface area contributed by atoms with Crippen molar-refractivity contribution in [2.24, 2.45) is 0 Å². The Morgan fingerprint density at radius 3 is 2.89 bits per heavy atom. The van der Waals surface area contributed by atoms with Gasteiger partial charge in [-0.05, 0) is 56.5 Å². The molecule has 1 saturated heterocycles. The zero-order valence-corrected chi connectivity index (χ0v) is 11.9. The van der Waals surface area contributed by atoms with E-state index in [0.29, 0.717) is 17.0 Å². The Morgan fingerprint density at radius 2 is 2.21 bits per heavy atom.